The lowest BCUT2D eigenvalue weighted by atomic mass is 10.00. The number of nitrogens with one attached hydrogen (secondary N) is 1. The van der Waals surface area contributed by atoms with Gasteiger partial charge in [0.1, 0.15) is 23.7 Å². The van der Waals surface area contributed by atoms with Gasteiger partial charge < -0.3 is 20.9 Å². The normalized spacial score (nSPS) is 19.5. The van der Waals surface area contributed by atoms with E-state index in [-0.39, 0.29) is 45.6 Å². The highest BCUT2D eigenvalue weighted by molar-refractivity contribution is 8.00. The monoisotopic (exact) mass is 568 g/mol. The van der Waals surface area contributed by atoms with Crippen molar-refractivity contribution in [3.63, 3.8) is 0 Å². The Balaban J connectivity index is 1.63. The third-order valence-electron chi connectivity index (χ3n) is 5.59. The Bertz CT molecular complexity index is 1390. The van der Waals surface area contributed by atoms with Crippen LogP contribution in [0.15, 0.2) is 40.9 Å². The molecule has 1 aromatic carbocycles. The number of aliphatic carboxylic acids is 1. The molecule has 0 radical (unpaired) electrons. The van der Waals surface area contributed by atoms with Crippen molar-refractivity contribution in [2.24, 2.45) is 0 Å². The minimum absolute atomic E-state index is 0.0108. The van der Waals surface area contributed by atoms with Crippen LogP contribution in [0.5, 0.6) is 0 Å². The second-order valence-corrected chi connectivity index (χ2v) is 10.1. The number of benzene rings is 1. The van der Waals surface area contributed by atoms with Crippen molar-refractivity contribution in [1.82, 2.24) is 15.2 Å². The number of carboxylic acids is 1. The molecule has 15 heteroatoms. The van der Waals surface area contributed by atoms with Crippen LogP contribution in [0.2, 0.25) is 0 Å². The van der Waals surface area contributed by atoms with E-state index in [0.717, 1.165) is 47.1 Å². The van der Waals surface area contributed by atoms with Gasteiger partial charge in [-0.15, -0.1) is 23.1 Å². The highest BCUT2D eigenvalue weighted by Crippen LogP contribution is 2.41. The topological polar surface area (TPSA) is 152 Å². The summed E-state index contributed by atoms with van der Waals surface area (Å²) >= 11 is 2.12. The first-order chi connectivity index (χ1) is 17.9. The molecular weight excluding hydrogens is 549 g/mol. The van der Waals surface area contributed by atoms with Crippen LogP contribution in [0.3, 0.4) is 0 Å². The Morgan fingerprint density at radius 3 is 2.63 bits per heavy atom. The average molecular weight is 569 g/mol. The van der Waals surface area contributed by atoms with Gasteiger partial charge in [0.15, 0.2) is 5.13 Å². The van der Waals surface area contributed by atoms with Crippen molar-refractivity contribution >= 4 is 63.6 Å². The number of nitrogen functional groups attached to an aromatic ring is 1. The van der Waals surface area contributed by atoms with E-state index >= 15 is 0 Å². The van der Waals surface area contributed by atoms with Crippen LogP contribution >= 0.6 is 23.1 Å². The second-order valence-electron chi connectivity index (χ2n) is 8.11. The fourth-order valence-corrected chi connectivity index (χ4v) is 5.80. The van der Waals surface area contributed by atoms with Crippen molar-refractivity contribution in [1.29, 1.82) is 0 Å². The van der Waals surface area contributed by atoms with Crippen LogP contribution in [0.4, 0.5) is 18.3 Å². The minimum Gasteiger partial charge on any atom is -0.477 e. The molecule has 38 heavy (non-hydrogen) atoms. The molecule has 0 aliphatic carbocycles. The number of carboxylic acid groups (broad SMARTS) is 1. The molecule has 0 spiro atoms. The molecule has 4 N–H and O–H groups in total. The maximum absolute atomic E-state index is 13.6. The Hall–Kier alpha value is -3.85. The number of halogens is 3. The Morgan fingerprint density at radius 2 is 2.03 bits per heavy atom. The number of aromatic nitrogens is 1. The number of nitrogens with two attached hydrogens (primary N) is 1. The number of hydrogen-bond acceptors (Lipinski definition) is 9. The Kier molecular flexibility index (Phi) is 7.51. The second kappa shape index (κ2) is 10.5. The summed E-state index contributed by atoms with van der Waals surface area (Å²) in [6.07, 6.45) is -3.68. The van der Waals surface area contributed by atoms with Crippen LogP contribution in [0, 0.1) is 0 Å². The summed E-state index contributed by atoms with van der Waals surface area (Å²) in [7, 11) is 0. The molecule has 0 saturated carbocycles. The van der Waals surface area contributed by atoms with Crippen LogP contribution in [-0.2, 0) is 30.1 Å². The number of fused-ring (bicyclic) bond motifs is 1. The summed E-state index contributed by atoms with van der Waals surface area (Å²) in [5.41, 5.74) is 4.03. The van der Waals surface area contributed by atoms with E-state index in [1.54, 1.807) is 0 Å². The number of hydrogen-bond donors (Lipinski definition) is 3. The van der Waals surface area contributed by atoms with E-state index in [1.165, 1.54) is 23.6 Å². The maximum Gasteiger partial charge on any atom is 0.416 e. The lowest BCUT2D eigenvalue weighted by molar-refractivity contribution is -0.150. The van der Waals surface area contributed by atoms with Crippen molar-refractivity contribution in [2.45, 2.75) is 24.5 Å². The first kappa shape index (κ1) is 27.2. The van der Waals surface area contributed by atoms with Crippen molar-refractivity contribution < 1.29 is 42.2 Å². The first-order valence-corrected chi connectivity index (χ1v) is 12.7. The smallest absolute Gasteiger partial charge is 0.416 e. The van der Waals surface area contributed by atoms with Crippen LogP contribution in [0.25, 0.3) is 11.6 Å². The summed E-state index contributed by atoms with van der Waals surface area (Å²) in [6.45, 7) is 0.850. The zero-order valence-electron chi connectivity index (χ0n) is 19.4. The number of ether oxygens (including phenoxy) is 1. The highest BCUT2D eigenvalue weighted by Gasteiger charge is 2.54. The first-order valence-electron chi connectivity index (χ1n) is 10.8. The average Bonchev–Trinajstić information content (AvgIpc) is 3.28. The Morgan fingerprint density at radius 1 is 1.32 bits per heavy atom. The molecule has 2 aliphatic rings. The summed E-state index contributed by atoms with van der Waals surface area (Å²) in [5.74, 6) is -3.54. The Labute approximate surface area is 221 Å². The number of esters is 1. The molecule has 1 unspecified atom stereocenters. The van der Waals surface area contributed by atoms with Crippen LogP contribution < -0.4 is 11.1 Å². The molecule has 3 heterocycles. The van der Waals surface area contributed by atoms with Gasteiger partial charge in [-0.3, -0.25) is 19.3 Å². The largest absolute Gasteiger partial charge is 0.477 e. The van der Waals surface area contributed by atoms with Gasteiger partial charge in [0.25, 0.3) is 11.8 Å². The molecule has 200 valence electrons. The van der Waals surface area contributed by atoms with E-state index in [1.807, 2.05) is 0 Å². The summed E-state index contributed by atoms with van der Waals surface area (Å²) in [4.78, 5) is 54.2. The zero-order chi connectivity index (χ0) is 27.8. The van der Waals surface area contributed by atoms with Crippen molar-refractivity contribution in [3.8, 4) is 0 Å². The van der Waals surface area contributed by atoms with E-state index in [4.69, 9.17) is 10.5 Å². The van der Waals surface area contributed by atoms with Gasteiger partial charge in [0, 0.05) is 23.6 Å². The fraction of sp³-hybridized carbons (Fsp3) is 0.261. The minimum atomic E-state index is -4.69. The highest BCUT2D eigenvalue weighted by atomic mass is 32.2. The molecule has 1 fully saturated rings. The molecule has 1 aromatic heterocycles. The van der Waals surface area contributed by atoms with Gasteiger partial charge in [-0.1, -0.05) is 18.2 Å². The van der Waals surface area contributed by atoms with E-state index in [0.29, 0.717) is 0 Å². The fourth-order valence-electron chi connectivity index (χ4n) is 3.91. The van der Waals surface area contributed by atoms with Gasteiger partial charge in [-0.2, -0.15) is 13.2 Å². The van der Waals surface area contributed by atoms with Crippen LogP contribution in [-0.4, -0.2) is 62.5 Å². The van der Waals surface area contributed by atoms with Gasteiger partial charge in [-0.05, 0) is 17.7 Å². The molecule has 0 bridgehead atoms. The van der Waals surface area contributed by atoms with Gasteiger partial charge in [0.05, 0.1) is 16.8 Å². The standard InChI is InChI=1S/C23H19F3N4O6S2/c1-10(31)36-7-12-8-37-20-16(19(33)30(20)17(12)21(34)35)29-18(32)13(15-9-38-22(27)28-15)6-11-4-2-3-5-14(11)23(24,25)26/h2-6,9,16,20H,7-8H2,1H3,(H2,27,28)(H,29,32)(H,34,35)/t16?,20-/m0/s1. The molecular formula is C23H19F3N4O6S2. The van der Waals surface area contributed by atoms with E-state index in [2.05, 4.69) is 10.3 Å². The van der Waals surface area contributed by atoms with Crippen LogP contribution in [0.1, 0.15) is 23.7 Å². The van der Waals surface area contributed by atoms with Gasteiger partial charge >= 0.3 is 18.1 Å². The van der Waals surface area contributed by atoms with Crippen molar-refractivity contribution in [2.75, 3.05) is 18.1 Å². The quantitative estimate of drug-likeness (QED) is 0.260. The maximum atomic E-state index is 13.6. The van der Waals surface area contributed by atoms with E-state index in [9.17, 15) is 37.5 Å². The number of rotatable bonds is 7. The SMILES string of the molecule is CC(=O)OCC1=C(C(=O)O)N2C(=O)C(NC(=O)C(=Cc3ccccc3C(F)(F)F)c3csc(N)n3)[C@@H]2SC1. The summed E-state index contributed by atoms with van der Waals surface area (Å²) < 4.78 is 45.5. The molecule has 2 atom stereocenters. The number of anilines is 1. The third kappa shape index (κ3) is 5.38. The number of carbonyl (C=O) groups is 4. The van der Waals surface area contributed by atoms with Gasteiger partial charge in [-0.25, -0.2) is 9.78 Å². The molecule has 2 amide bonds. The summed E-state index contributed by atoms with van der Waals surface area (Å²) in [5, 5.41) is 12.9. The number of alkyl halides is 3. The van der Waals surface area contributed by atoms with Crippen molar-refractivity contribution in [3.05, 3.63) is 57.7 Å². The number of nitrogens with zero attached hydrogens (tertiary/aromatic N) is 2. The zero-order valence-corrected chi connectivity index (χ0v) is 21.1. The number of thiazole rings is 1. The lowest BCUT2D eigenvalue weighted by Gasteiger charge is -2.49. The van der Waals surface area contributed by atoms with E-state index < -0.39 is 46.9 Å². The van der Waals surface area contributed by atoms with Gasteiger partial charge in [0.2, 0.25) is 0 Å². The molecule has 1 saturated heterocycles. The molecule has 2 aromatic rings. The number of β-lactam (4-membered cyclic amide) rings is 1. The molecule has 2 aliphatic heterocycles. The number of thioether (sulfide) groups is 1. The lowest BCUT2D eigenvalue weighted by Crippen LogP contribution is -2.70. The molecule has 10 nitrogen and oxygen atoms in total. The third-order valence-corrected chi connectivity index (χ3v) is 7.61. The number of amides is 2. The molecule has 4 rings (SSSR count). The predicted octanol–water partition coefficient (Wildman–Crippen LogP) is 2.59. The summed E-state index contributed by atoms with van der Waals surface area (Å²) in [6, 6.07) is 3.50. The predicted molar refractivity (Wildman–Crippen MR) is 132 cm³/mol. The number of carbonyl (C=O) groups excluding carboxylic acids is 3.